The third kappa shape index (κ3) is 4.69. The van der Waals surface area contributed by atoms with Gasteiger partial charge in [0, 0.05) is 59.0 Å². The summed E-state index contributed by atoms with van der Waals surface area (Å²) in [5, 5.41) is 4.36. The normalized spacial score (nSPS) is 13.7. The van der Waals surface area contributed by atoms with Gasteiger partial charge in [-0.15, -0.1) is 0 Å². The smallest absolute Gasteiger partial charge is 0.259 e. The highest BCUT2D eigenvalue weighted by Crippen LogP contribution is 2.39. The molecule has 0 unspecified atom stereocenters. The Morgan fingerprint density at radius 1 is 0.825 bits per heavy atom. The molecule has 5 aromatic rings. The van der Waals surface area contributed by atoms with Crippen molar-refractivity contribution >= 4 is 44.8 Å². The van der Waals surface area contributed by atoms with Crippen molar-refractivity contribution in [3.05, 3.63) is 102 Å². The highest BCUT2D eigenvalue weighted by Gasteiger charge is 2.35. The van der Waals surface area contributed by atoms with Crippen LogP contribution in [0, 0.1) is 0 Å². The average Bonchev–Trinajstić information content (AvgIpc) is 3.65. The number of imide groups is 1. The number of H-pyrrole nitrogens is 1. The van der Waals surface area contributed by atoms with Gasteiger partial charge in [-0.05, 0) is 36.9 Å². The number of rotatable bonds is 10. The number of fused-ring (bicyclic) bond motifs is 2. The Morgan fingerprint density at radius 3 is 2.33 bits per heavy atom. The molecule has 1 aliphatic rings. The highest BCUT2D eigenvalue weighted by atomic mass is 16.5. The Balaban J connectivity index is 1.47. The van der Waals surface area contributed by atoms with Gasteiger partial charge in [0.2, 0.25) is 0 Å². The Kier molecular flexibility index (Phi) is 6.97. The number of amides is 2. The quantitative estimate of drug-likeness (QED) is 0.229. The van der Waals surface area contributed by atoms with Crippen LogP contribution in [0.4, 0.5) is 0 Å². The average molecular weight is 533 g/mol. The number of hydrogen-bond donors (Lipinski definition) is 2. The van der Waals surface area contributed by atoms with E-state index in [-0.39, 0.29) is 11.8 Å². The van der Waals surface area contributed by atoms with Crippen LogP contribution >= 0.6 is 0 Å². The molecule has 2 N–H and O–H groups in total. The lowest BCUT2D eigenvalue weighted by molar-refractivity contribution is -0.122. The Hall–Kier alpha value is -4.62. The van der Waals surface area contributed by atoms with Crippen LogP contribution in [0.15, 0.2) is 85.2 Å². The van der Waals surface area contributed by atoms with Crippen LogP contribution in [-0.4, -0.2) is 45.9 Å². The first-order valence-corrected chi connectivity index (χ1v) is 13.8. The first kappa shape index (κ1) is 25.6. The summed E-state index contributed by atoms with van der Waals surface area (Å²) in [6.07, 6.45) is 3.82. The van der Waals surface area contributed by atoms with Gasteiger partial charge >= 0.3 is 0 Å². The molecule has 0 bridgehead atoms. The van der Waals surface area contributed by atoms with Crippen LogP contribution in [0.3, 0.4) is 0 Å². The molecule has 6 rings (SSSR count). The summed E-state index contributed by atoms with van der Waals surface area (Å²) in [6, 6.07) is 23.8. The minimum absolute atomic E-state index is 0.377. The first-order valence-electron chi connectivity index (χ1n) is 13.8. The summed E-state index contributed by atoms with van der Waals surface area (Å²) < 4.78 is 8.33. The number of aromatic nitrogens is 2. The van der Waals surface area contributed by atoms with Gasteiger partial charge in [0.15, 0.2) is 0 Å². The second kappa shape index (κ2) is 10.9. The molecule has 0 radical (unpaired) electrons. The predicted octanol–water partition coefficient (Wildman–Crippen LogP) is 5.61. The van der Waals surface area contributed by atoms with E-state index in [9.17, 15) is 9.59 Å². The molecule has 2 aromatic heterocycles. The van der Waals surface area contributed by atoms with E-state index in [1.165, 1.54) is 0 Å². The van der Waals surface area contributed by atoms with Crippen molar-refractivity contribution in [2.45, 2.75) is 27.0 Å². The topological polar surface area (TPSA) is 79.4 Å². The maximum absolute atomic E-state index is 13.3. The van der Waals surface area contributed by atoms with Crippen molar-refractivity contribution in [1.82, 2.24) is 19.8 Å². The predicted molar refractivity (Wildman–Crippen MR) is 159 cm³/mol. The van der Waals surface area contributed by atoms with Crippen LogP contribution in [0.25, 0.3) is 33.0 Å². The van der Waals surface area contributed by atoms with E-state index in [0.717, 1.165) is 70.4 Å². The number of carbonyl (C=O) groups is 2. The third-order valence-electron chi connectivity index (χ3n) is 7.71. The molecule has 1 aliphatic heterocycles. The molecule has 0 aliphatic carbocycles. The standard InChI is InChI=1S/C33H32N4O3/c1-3-36(4-2)16-17-37-20-27(25-15-14-23(18-29(25)37)40-21-22-10-6-5-7-11-22)31-30(32(38)35-33(31)39)26-19-34-28-13-9-8-12-24(26)28/h5-15,18-20,34H,3-4,16-17,21H2,1-2H3,(H,35,38,39). The number of carbonyl (C=O) groups excluding carboxylic acids is 2. The summed E-state index contributed by atoms with van der Waals surface area (Å²) in [5.74, 6) is -0.00281. The Bertz CT molecular complexity index is 1740. The maximum atomic E-state index is 13.3. The number of benzene rings is 3. The molecule has 3 heterocycles. The fourth-order valence-corrected chi connectivity index (χ4v) is 5.52. The van der Waals surface area contributed by atoms with Crippen LogP contribution < -0.4 is 10.1 Å². The molecular weight excluding hydrogens is 500 g/mol. The molecule has 7 nitrogen and oxygen atoms in total. The molecule has 40 heavy (non-hydrogen) atoms. The number of ether oxygens (including phenoxy) is 1. The molecule has 7 heteroatoms. The Morgan fingerprint density at radius 2 is 1.55 bits per heavy atom. The summed E-state index contributed by atoms with van der Waals surface area (Å²) in [6.45, 7) is 8.31. The van der Waals surface area contributed by atoms with Crippen LogP contribution in [0.2, 0.25) is 0 Å². The largest absolute Gasteiger partial charge is 0.489 e. The molecule has 0 saturated carbocycles. The lowest BCUT2D eigenvalue weighted by atomic mass is 9.95. The number of nitrogens with zero attached hydrogens (tertiary/aromatic N) is 2. The summed E-state index contributed by atoms with van der Waals surface area (Å²) in [4.78, 5) is 32.1. The van der Waals surface area contributed by atoms with Gasteiger partial charge < -0.3 is 19.2 Å². The van der Waals surface area contributed by atoms with E-state index in [1.807, 2.05) is 85.2 Å². The zero-order valence-corrected chi connectivity index (χ0v) is 22.7. The zero-order chi connectivity index (χ0) is 27.6. The second-order valence-corrected chi connectivity index (χ2v) is 10.00. The van der Waals surface area contributed by atoms with Crippen molar-refractivity contribution in [3.63, 3.8) is 0 Å². The van der Waals surface area contributed by atoms with E-state index >= 15 is 0 Å². The monoisotopic (exact) mass is 532 g/mol. The van der Waals surface area contributed by atoms with Crippen molar-refractivity contribution in [2.24, 2.45) is 0 Å². The van der Waals surface area contributed by atoms with Crippen LogP contribution in [0.1, 0.15) is 30.5 Å². The molecule has 0 atom stereocenters. The zero-order valence-electron chi connectivity index (χ0n) is 22.7. The van der Waals surface area contributed by atoms with Gasteiger partial charge in [-0.2, -0.15) is 0 Å². The van der Waals surface area contributed by atoms with Crippen molar-refractivity contribution in [2.75, 3.05) is 19.6 Å². The Labute approximate surface area is 233 Å². The molecular formula is C33H32N4O3. The van der Waals surface area contributed by atoms with Gasteiger partial charge in [-0.25, -0.2) is 0 Å². The maximum Gasteiger partial charge on any atom is 0.259 e. The second-order valence-electron chi connectivity index (χ2n) is 10.00. The van der Waals surface area contributed by atoms with E-state index in [1.54, 1.807) is 0 Å². The van der Waals surface area contributed by atoms with Crippen molar-refractivity contribution in [3.8, 4) is 5.75 Å². The fourth-order valence-electron chi connectivity index (χ4n) is 5.52. The summed E-state index contributed by atoms with van der Waals surface area (Å²) >= 11 is 0. The minimum Gasteiger partial charge on any atom is -0.489 e. The van der Waals surface area contributed by atoms with Crippen molar-refractivity contribution < 1.29 is 14.3 Å². The minimum atomic E-state index is -0.378. The molecule has 3 aromatic carbocycles. The van der Waals surface area contributed by atoms with E-state index in [0.29, 0.717) is 17.8 Å². The highest BCUT2D eigenvalue weighted by molar-refractivity contribution is 6.50. The van der Waals surface area contributed by atoms with E-state index in [4.69, 9.17) is 4.74 Å². The number of aromatic amines is 1. The lowest BCUT2D eigenvalue weighted by Gasteiger charge is -2.18. The molecule has 0 saturated heterocycles. The SMILES string of the molecule is CCN(CC)CCn1cc(C2=C(c3c[nH]c4ccccc34)C(=O)NC2=O)c2ccc(OCc3ccccc3)cc21. The first-order chi connectivity index (χ1) is 19.6. The van der Waals surface area contributed by atoms with Crippen molar-refractivity contribution in [1.29, 1.82) is 0 Å². The van der Waals surface area contributed by atoms with Gasteiger partial charge in [0.25, 0.3) is 11.8 Å². The number of para-hydroxylation sites is 1. The fraction of sp³-hybridized carbons (Fsp3) is 0.212. The van der Waals surface area contributed by atoms with E-state index < -0.39 is 0 Å². The molecule has 0 fully saturated rings. The van der Waals surface area contributed by atoms with Gasteiger partial charge in [0.05, 0.1) is 16.7 Å². The summed E-state index contributed by atoms with van der Waals surface area (Å²) in [5.41, 5.74) is 5.24. The van der Waals surface area contributed by atoms with Gasteiger partial charge in [-0.1, -0.05) is 62.4 Å². The number of hydrogen-bond acceptors (Lipinski definition) is 4. The van der Waals surface area contributed by atoms with E-state index in [2.05, 4.69) is 33.6 Å². The molecule has 202 valence electrons. The van der Waals surface area contributed by atoms with Gasteiger partial charge in [0.1, 0.15) is 12.4 Å². The van der Waals surface area contributed by atoms with Crippen LogP contribution in [-0.2, 0) is 22.7 Å². The lowest BCUT2D eigenvalue weighted by Crippen LogP contribution is -2.26. The molecule has 0 spiro atoms. The number of nitrogens with one attached hydrogen (secondary N) is 2. The van der Waals surface area contributed by atoms with Gasteiger partial charge in [-0.3, -0.25) is 14.9 Å². The third-order valence-corrected chi connectivity index (χ3v) is 7.71. The van der Waals surface area contributed by atoms with Crippen LogP contribution in [0.5, 0.6) is 5.75 Å². The molecule has 2 amide bonds. The summed E-state index contributed by atoms with van der Waals surface area (Å²) in [7, 11) is 0. The number of likely N-dealkylation sites (N-methyl/N-ethyl adjacent to an activating group) is 1.